The number of anilines is 1. The van der Waals surface area contributed by atoms with E-state index in [0.717, 1.165) is 17.0 Å². The van der Waals surface area contributed by atoms with Crippen LogP contribution in [0.25, 0.3) is 11.3 Å². The molecule has 0 aliphatic rings. The first kappa shape index (κ1) is 17.0. The van der Waals surface area contributed by atoms with Gasteiger partial charge in [0.1, 0.15) is 5.75 Å². The van der Waals surface area contributed by atoms with Crippen molar-refractivity contribution in [3.8, 4) is 17.0 Å². The number of aryl methyl sites for hydroxylation is 2. The van der Waals surface area contributed by atoms with Gasteiger partial charge in [0, 0.05) is 24.4 Å². The van der Waals surface area contributed by atoms with E-state index in [1.807, 2.05) is 32.2 Å². The molecule has 25 heavy (non-hydrogen) atoms. The van der Waals surface area contributed by atoms with E-state index in [0.29, 0.717) is 22.0 Å². The molecular formula is C19H18ClN3O2. The lowest BCUT2D eigenvalue weighted by Gasteiger charge is -2.12. The molecule has 0 radical (unpaired) electrons. The first-order chi connectivity index (χ1) is 12.0. The Labute approximate surface area is 151 Å². The van der Waals surface area contributed by atoms with Crippen LogP contribution in [0.2, 0.25) is 5.02 Å². The van der Waals surface area contributed by atoms with Crippen LogP contribution in [-0.2, 0) is 7.05 Å². The molecule has 5 nitrogen and oxygen atoms in total. The number of rotatable bonds is 4. The van der Waals surface area contributed by atoms with Gasteiger partial charge in [0.05, 0.1) is 29.1 Å². The van der Waals surface area contributed by atoms with Crippen molar-refractivity contribution in [2.45, 2.75) is 6.92 Å². The number of halogens is 1. The van der Waals surface area contributed by atoms with Gasteiger partial charge in [0.25, 0.3) is 5.91 Å². The predicted molar refractivity (Wildman–Crippen MR) is 99.3 cm³/mol. The quantitative estimate of drug-likeness (QED) is 0.758. The summed E-state index contributed by atoms with van der Waals surface area (Å²) in [5, 5.41) is 7.62. The Morgan fingerprint density at radius 1 is 1.20 bits per heavy atom. The third-order valence-electron chi connectivity index (χ3n) is 3.86. The van der Waals surface area contributed by atoms with Crippen molar-refractivity contribution in [3.05, 3.63) is 64.8 Å². The maximum Gasteiger partial charge on any atom is 0.257 e. The van der Waals surface area contributed by atoms with Crippen LogP contribution >= 0.6 is 11.6 Å². The second kappa shape index (κ2) is 6.99. The molecule has 6 heteroatoms. The first-order valence-electron chi connectivity index (χ1n) is 7.74. The van der Waals surface area contributed by atoms with E-state index in [4.69, 9.17) is 16.3 Å². The number of carbonyl (C=O) groups is 1. The summed E-state index contributed by atoms with van der Waals surface area (Å²) in [6, 6.07) is 14.4. The summed E-state index contributed by atoms with van der Waals surface area (Å²) in [7, 11) is 3.48. The van der Waals surface area contributed by atoms with Crippen LogP contribution in [0.15, 0.2) is 48.5 Å². The van der Waals surface area contributed by atoms with Gasteiger partial charge >= 0.3 is 0 Å². The standard InChI is InChI=1S/C19H18ClN3O2/c1-12-10-17(23(2)22-12)15-9-8-13(11-18(15)25-3)21-19(24)14-6-4-5-7-16(14)20/h4-11H,1-3H3,(H,21,24). The van der Waals surface area contributed by atoms with Crippen LogP contribution < -0.4 is 10.1 Å². The molecule has 2 aromatic carbocycles. The monoisotopic (exact) mass is 355 g/mol. The van der Waals surface area contributed by atoms with Crippen LogP contribution in [0.3, 0.4) is 0 Å². The summed E-state index contributed by atoms with van der Waals surface area (Å²) in [4.78, 5) is 12.4. The van der Waals surface area contributed by atoms with Gasteiger partial charge in [-0.1, -0.05) is 23.7 Å². The summed E-state index contributed by atoms with van der Waals surface area (Å²) in [6.45, 7) is 1.94. The van der Waals surface area contributed by atoms with E-state index in [1.165, 1.54) is 0 Å². The van der Waals surface area contributed by atoms with Crippen LogP contribution in [-0.4, -0.2) is 22.8 Å². The van der Waals surface area contributed by atoms with E-state index in [-0.39, 0.29) is 5.91 Å². The number of aromatic nitrogens is 2. The Morgan fingerprint density at radius 3 is 2.60 bits per heavy atom. The molecule has 3 aromatic rings. The van der Waals surface area contributed by atoms with Gasteiger partial charge in [0.2, 0.25) is 0 Å². The number of nitrogens with one attached hydrogen (secondary N) is 1. The summed E-state index contributed by atoms with van der Waals surface area (Å²) in [5.74, 6) is 0.386. The van der Waals surface area contributed by atoms with Crippen molar-refractivity contribution in [2.24, 2.45) is 7.05 Å². The van der Waals surface area contributed by atoms with Crippen LogP contribution in [0.4, 0.5) is 5.69 Å². The normalized spacial score (nSPS) is 10.6. The van der Waals surface area contributed by atoms with E-state index in [2.05, 4.69) is 10.4 Å². The predicted octanol–water partition coefficient (Wildman–Crippen LogP) is 4.31. The van der Waals surface area contributed by atoms with Gasteiger partial charge in [-0.15, -0.1) is 0 Å². The molecule has 0 spiro atoms. The maximum atomic E-state index is 12.4. The average Bonchev–Trinajstić information content (AvgIpc) is 2.93. The Hall–Kier alpha value is -2.79. The molecule has 1 heterocycles. The lowest BCUT2D eigenvalue weighted by molar-refractivity contribution is 0.102. The number of hydrogen-bond acceptors (Lipinski definition) is 3. The fourth-order valence-electron chi connectivity index (χ4n) is 2.69. The molecule has 0 aliphatic carbocycles. The van der Waals surface area contributed by atoms with Crippen LogP contribution in [0.5, 0.6) is 5.75 Å². The second-order valence-corrected chi connectivity index (χ2v) is 6.05. The minimum Gasteiger partial charge on any atom is -0.496 e. The number of ether oxygens (including phenoxy) is 1. The van der Waals surface area contributed by atoms with Crippen LogP contribution in [0, 0.1) is 6.92 Å². The molecule has 3 rings (SSSR count). The summed E-state index contributed by atoms with van der Waals surface area (Å²) < 4.78 is 7.30. The molecule has 0 atom stereocenters. The molecule has 1 N–H and O–H groups in total. The molecule has 1 aromatic heterocycles. The minimum absolute atomic E-state index is 0.267. The highest BCUT2D eigenvalue weighted by Gasteiger charge is 2.14. The molecule has 0 unspecified atom stereocenters. The second-order valence-electron chi connectivity index (χ2n) is 5.64. The first-order valence-corrected chi connectivity index (χ1v) is 8.12. The Balaban J connectivity index is 1.91. The van der Waals surface area contributed by atoms with Gasteiger partial charge < -0.3 is 10.1 Å². The van der Waals surface area contributed by atoms with Gasteiger partial charge in [-0.3, -0.25) is 9.48 Å². The van der Waals surface area contributed by atoms with E-state index in [9.17, 15) is 4.79 Å². The fourth-order valence-corrected chi connectivity index (χ4v) is 2.91. The topological polar surface area (TPSA) is 56.1 Å². The molecule has 0 aliphatic heterocycles. The number of carbonyl (C=O) groups excluding carboxylic acids is 1. The van der Waals surface area contributed by atoms with Crippen molar-refractivity contribution >= 4 is 23.2 Å². The van der Waals surface area contributed by atoms with Crippen LogP contribution in [0.1, 0.15) is 16.1 Å². The van der Waals surface area contributed by atoms with Crippen molar-refractivity contribution in [1.82, 2.24) is 9.78 Å². The zero-order chi connectivity index (χ0) is 18.0. The number of benzene rings is 2. The molecule has 0 bridgehead atoms. The smallest absolute Gasteiger partial charge is 0.257 e. The van der Waals surface area contributed by atoms with Gasteiger partial charge in [-0.2, -0.15) is 5.10 Å². The van der Waals surface area contributed by atoms with E-state index in [1.54, 1.807) is 42.1 Å². The third kappa shape index (κ3) is 3.51. The third-order valence-corrected chi connectivity index (χ3v) is 4.19. The summed E-state index contributed by atoms with van der Waals surface area (Å²) in [6.07, 6.45) is 0. The number of amides is 1. The molecular weight excluding hydrogens is 338 g/mol. The van der Waals surface area contributed by atoms with E-state index < -0.39 is 0 Å². The largest absolute Gasteiger partial charge is 0.496 e. The molecule has 0 saturated heterocycles. The maximum absolute atomic E-state index is 12.4. The van der Waals surface area contributed by atoms with Crippen molar-refractivity contribution < 1.29 is 9.53 Å². The Kier molecular flexibility index (Phi) is 4.76. The highest BCUT2D eigenvalue weighted by molar-refractivity contribution is 6.34. The zero-order valence-electron chi connectivity index (χ0n) is 14.2. The summed E-state index contributed by atoms with van der Waals surface area (Å²) in [5.41, 5.74) is 3.83. The Morgan fingerprint density at radius 2 is 1.96 bits per heavy atom. The molecule has 128 valence electrons. The van der Waals surface area contributed by atoms with E-state index >= 15 is 0 Å². The lowest BCUT2D eigenvalue weighted by atomic mass is 10.1. The average molecular weight is 356 g/mol. The molecule has 0 saturated carbocycles. The van der Waals surface area contributed by atoms with Crippen molar-refractivity contribution in [3.63, 3.8) is 0 Å². The highest BCUT2D eigenvalue weighted by Crippen LogP contribution is 2.33. The van der Waals surface area contributed by atoms with Gasteiger partial charge in [0.15, 0.2) is 0 Å². The number of methoxy groups -OCH3 is 1. The van der Waals surface area contributed by atoms with Gasteiger partial charge in [-0.25, -0.2) is 0 Å². The fraction of sp³-hybridized carbons (Fsp3) is 0.158. The van der Waals surface area contributed by atoms with Crippen molar-refractivity contribution in [1.29, 1.82) is 0 Å². The summed E-state index contributed by atoms with van der Waals surface area (Å²) >= 11 is 6.07. The number of nitrogens with zero attached hydrogens (tertiary/aromatic N) is 2. The Bertz CT molecular complexity index is 934. The highest BCUT2D eigenvalue weighted by atomic mass is 35.5. The van der Waals surface area contributed by atoms with Crippen molar-refractivity contribution in [2.75, 3.05) is 12.4 Å². The van der Waals surface area contributed by atoms with Gasteiger partial charge in [-0.05, 0) is 37.3 Å². The molecule has 0 fully saturated rings. The number of hydrogen-bond donors (Lipinski definition) is 1. The molecule has 1 amide bonds. The SMILES string of the molecule is COc1cc(NC(=O)c2ccccc2Cl)ccc1-c1cc(C)nn1C. The minimum atomic E-state index is -0.267. The zero-order valence-corrected chi connectivity index (χ0v) is 15.0. The lowest BCUT2D eigenvalue weighted by Crippen LogP contribution is -2.12.